The highest BCUT2D eigenvalue weighted by atomic mass is 32.2. The van der Waals surface area contributed by atoms with Crippen molar-refractivity contribution in [3.63, 3.8) is 0 Å². The van der Waals surface area contributed by atoms with Crippen LogP contribution >= 0.6 is 0 Å². The molecule has 0 radical (unpaired) electrons. The highest BCUT2D eigenvalue weighted by molar-refractivity contribution is 7.89. The first-order valence-corrected chi connectivity index (χ1v) is 11.4. The fraction of sp³-hybridized carbons (Fsp3) is 0.286. The Hall–Kier alpha value is -3.64. The number of carbonyl (C=O) groups is 1. The van der Waals surface area contributed by atoms with Gasteiger partial charge in [0, 0.05) is 32.9 Å². The van der Waals surface area contributed by atoms with E-state index < -0.39 is 33.7 Å². The van der Waals surface area contributed by atoms with Gasteiger partial charge in [-0.15, -0.1) is 0 Å². The van der Waals surface area contributed by atoms with Crippen molar-refractivity contribution in [2.75, 3.05) is 32.1 Å². The molecule has 0 aliphatic carbocycles. The zero-order valence-corrected chi connectivity index (χ0v) is 19.0. The highest BCUT2D eigenvalue weighted by Gasteiger charge is 2.24. The summed E-state index contributed by atoms with van der Waals surface area (Å²) in [6, 6.07) is 8.79. The first kappa shape index (κ1) is 22.6. The van der Waals surface area contributed by atoms with Crippen molar-refractivity contribution in [1.82, 2.24) is 13.4 Å². The van der Waals surface area contributed by atoms with Crippen LogP contribution in [0.3, 0.4) is 0 Å². The fourth-order valence-electron chi connectivity index (χ4n) is 3.52. The van der Waals surface area contributed by atoms with Crippen molar-refractivity contribution in [2.45, 2.75) is 4.90 Å². The second-order valence-electron chi connectivity index (χ2n) is 7.55. The average molecular weight is 474 g/mol. The van der Waals surface area contributed by atoms with E-state index in [-0.39, 0.29) is 10.3 Å². The van der Waals surface area contributed by atoms with Gasteiger partial charge in [0.15, 0.2) is 11.5 Å². The molecule has 0 saturated heterocycles. The molecule has 1 amide bonds. The Morgan fingerprint density at radius 1 is 1.03 bits per heavy atom. The van der Waals surface area contributed by atoms with Crippen molar-refractivity contribution < 1.29 is 22.7 Å². The molecule has 2 aromatic carbocycles. The number of carbonyl (C=O) groups excluding carboxylic acids is 1. The highest BCUT2D eigenvalue weighted by Crippen LogP contribution is 2.32. The third kappa shape index (κ3) is 4.10. The van der Waals surface area contributed by atoms with Crippen LogP contribution in [0.5, 0.6) is 11.5 Å². The Balaban J connectivity index is 1.56. The van der Waals surface area contributed by atoms with Crippen LogP contribution in [-0.2, 0) is 28.9 Å². The molecule has 174 valence electrons. The second-order valence-corrected chi connectivity index (χ2v) is 9.60. The zero-order chi connectivity index (χ0) is 23.9. The third-order valence-corrected chi connectivity index (χ3v) is 7.14. The zero-order valence-electron chi connectivity index (χ0n) is 18.2. The maximum Gasteiger partial charge on any atom is 0.330 e. The molecule has 33 heavy (non-hydrogen) atoms. The van der Waals surface area contributed by atoms with E-state index in [1.54, 1.807) is 18.2 Å². The first-order chi connectivity index (χ1) is 15.6. The number of anilines is 1. The Labute approximate surface area is 188 Å². The molecule has 0 bridgehead atoms. The minimum Gasteiger partial charge on any atom is -0.486 e. The van der Waals surface area contributed by atoms with Gasteiger partial charge in [0.25, 0.3) is 5.56 Å². The van der Waals surface area contributed by atoms with Gasteiger partial charge in [-0.25, -0.2) is 13.2 Å². The Bertz CT molecular complexity index is 1490. The van der Waals surface area contributed by atoms with Crippen molar-refractivity contribution in [3.8, 4) is 11.5 Å². The van der Waals surface area contributed by atoms with Gasteiger partial charge in [0.2, 0.25) is 15.9 Å². The SMILES string of the molecule is CN(CC(=O)Nc1ccc2c(c1)OCCO2)S(=O)(=O)c1ccc2c(c1)c(=O)n(C)c(=O)n2C. The minimum absolute atomic E-state index is 0.0785. The lowest BCUT2D eigenvalue weighted by Gasteiger charge is -2.20. The van der Waals surface area contributed by atoms with Crippen LogP contribution in [0, 0.1) is 0 Å². The van der Waals surface area contributed by atoms with Gasteiger partial charge in [0.05, 0.1) is 22.3 Å². The summed E-state index contributed by atoms with van der Waals surface area (Å²) in [5, 5.41) is 2.71. The van der Waals surface area contributed by atoms with Crippen molar-refractivity contribution in [1.29, 1.82) is 0 Å². The normalized spacial score (nSPS) is 13.3. The Kier molecular flexibility index (Phi) is 5.72. The molecule has 0 spiro atoms. The van der Waals surface area contributed by atoms with Crippen LogP contribution in [0.2, 0.25) is 0 Å². The maximum atomic E-state index is 13.0. The number of aromatic nitrogens is 2. The van der Waals surface area contributed by atoms with Gasteiger partial charge < -0.3 is 14.8 Å². The number of hydrogen-bond acceptors (Lipinski definition) is 7. The molecular formula is C21H22N4O7S. The van der Waals surface area contributed by atoms with Gasteiger partial charge >= 0.3 is 5.69 Å². The molecular weight excluding hydrogens is 452 g/mol. The predicted octanol–water partition coefficient (Wildman–Crippen LogP) is 0.268. The molecule has 2 heterocycles. The number of nitrogens with one attached hydrogen (secondary N) is 1. The lowest BCUT2D eigenvalue weighted by Crippen LogP contribution is -2.37. The van der Waals surface area contributed by atoms with Crippen LogP contribution in [0.1, 0.15) is 0 Å². The number of likely N-dealkylation sites (N-methyl/N-ethyl adjacent to an activating group) is 1. The summed E-state index contributed by atoms with van der Waals surface area (Å²) < 4.78 is 40.0. The molecule has 0 unspecified atom stereocenters. The van der Waals surface area contributed by atoms with E-state index in [0.29, 0.717) is 35.9 Å². The first-order valence-electron chi connectivity index (χ1n) is 9.95. The molecule has 4 rings (SSSR count). The average Bonchev–Trinajstić information content (AvgIpc) is 2.80. The van der Waals surface area contributed by atoms with E-state index in [1.807, 2.05) is 0 Å². The van der Waals surface area contributed by atoms with Gasteiger partial charge in [-0.1, -0.05) is 0 Å². The van der Waals surface area contributed by atoms with Gasteiger partial charge in [0.1, 0.15) is 13.2 Å². The Morgan fingerprint density at radius 2 is 1.73 bits per heavy atom. The third-order valence-electron chi connectivity index (χ3n) is 5.34. The number of nitrogens with zero attached hydrogens (tertiary/aromatic N) is 3. The number of benzene rings is 2. The molecule has 1 N–H and O–H groups in total. The number of aryl methyl sites for hydroxylation is 1. The van der Waals surface area contributed by atoms with Gasteiger partial charge in [-0.2, -0.15) is 4.31 Å². The van der Waals surface area contributed by atoms with Gasteiger partial charge in [-0.05, 0) is 30.3 Å². The van der Waals surface area contributed by atoms with Crippen LogP contribution in [0.15, 0.2) is 50.9 Å². The van der Waals surface area contributed by atoms with E-state index in [9.17, 15) is 22.8 Å². The molecule has 0 atom stereocenters. The maximum absolute atomic E-state index is 13.0. The second kappa shape index (κ2) is 8.37. The monoisotopic (exact) mass is 474 g/mol. The molecule has 3 aromatic rings. The minimum atomic E-state index is -4.09. The largest absolute Gasteiger partial charge is 0.486 e. The molecule has 0 fully saturated rings. The number of fused-ring (bicyclic) bond motifs is 2. The quantitative estimate of drug-likeness (QED) is 0.562. The Morgan fingerprint density at radius 3 is 2.45 bits per heavy atom. The number of rotatable bonds is 5. The van der Waals surface area contributed by atoms with Crippen LogP contribution < -0.4 is 26.0 Å². The van der Waals surface area contributed by atoms with Crippen molar-refractivity contribution >= 4 is 32.5 Å². The smallest absolute Gasteiger partial charge is 0.330 e. The fourth-order valence-corrected chi connectivity index (χ4v) is 4.68. The molecule has 1 aliphatic rings. The van der Waals surface area contributed by atoms with Crippen LogP contribution in [0.25, 0.3) is 10.9 Å². The van der Waals surface area contributed by atoms with E-state index >= 15 is 0 Å². The number of sulfonamides is 1. The van der Waals surface area contributed by atoms with E-state index in [0.717, 1.165) is 8.87 Å². The van der Waals surface area contributed by atoms with Crippen molar-refractivity contribution in [2.24, 2.45) is 14.1 Å². The molecule has 11 nitrogen and oxygen atoms in total. The lowest BCUT2D eigenvalue weighted by atomic mass is 10.2. The number of hydrogen-bond donors (Lipinski definition) is 1. The summed E-state index contributed by atoms with van der Waals surface area (Å²) in [5.41, 5.74) is -0.383. The summed E-state index contributed by atoms with van der Waals surface area (Å²) in [6.07, 6.45) is 0. The van der Waals surface area contributed by atoms with E-state index in [4.69, 9.17) is 9.47 Å². The molecule has 1 aliphatic heterocycles. The molecule has 1 aromatic heterocycles. The standard InChI is InChI=1S/C21H22N4O7S/c1-23(12-19(26)22-13-4-7-17-18(10-13)32-9-8-31-17)33(29,30)14-5-6-16-15(11-14)20(27)25(3)21(28)24(16)2/h4-7,10-11H,8-9,12H2,1-3H3,(H,22,26). The van der Waals surface area contributed by atoms with Gasteiger partial charge in [-0.3, -0.25) is 18.7 Å². The van der Waals surface area contributed by atoms with Crippen molar-refractivity contribution in [3.05, 3.63) is 57.2 Å². The lowest BCUT2D eigenvalue weighted by molar-refractivity contribution is -0.116. The summed E-state index contributed by atoms with van der Waals surface area (Å²) in [7, 11) is -0.0151. The summed E-state index contributed by atoms with van der Waals surface area (Å²) >= 11 is 0. The number of amides is 1. The molecule has 0 saturated carbocycles. The summed E-state index contributed by atoms with van der Waals surface area (Å²) in [4.78, 5) is 36.9. The number of ether oxygens (including phenoxy) is 2. The summed E-state index contributed by atoms with van der Waals surface area (Å²) in [5.74, 6) is 0.503. The van der Waals surface area contributed by atoms with E-state index in [2.05, 4.69) is 5.32 Å². The van der Waals surface area contributed by atoms with Crippen LogP contribution in [0.4, 0.5) is 5.69 Å². The predicted molar refractivity (Wildman–Crippen MR) is 120 cm³/mol. The molecule has 12 heteroatoms. The summed E-state index contributed by atoms with van der Waals surface area (Å²) in [6.45, 7) is 0.382. The van der Waals surface area contributed by atoms with Crippen LogP contribution in [-0.4, -0.2) is 54.6 Å². The topological polar surface area (TPSA) is 129 Å². The van der Waals surface area contributed by atoms with E-state index in [1.165, 1.54) is 43.9 Å².